The van der Waals surface area contributed by atoms with Gasteiger partial charge in [0.15, 0.2) is 5.82 Å². The van der Waals surface area contributed by atoms with Crippen LogP contribution in [-0.2, 0) is 24.3 Å². The predicted octanol–water partition coefficient (Wildman–Crippen LogP) is 3.29. The molecule has 0 saturated carbocycles. The number of hydrogen-bond donors (Lipinski definition) is 1. The minimum absolute atomic E-state index is 0.0276. The number of carbonyl (C=O) groups is 1. The molecule has 0 unspecified atom stereocenters. The van der Waals surface area contributed by atoms with Crippen LogP contribution in [-0.4, -0.2) is 30.2 Å². The number of carbonyl (C=O) groups excluding carboxylic acids is 1. The van der Waals surface area contributed by atoms with Crippen molar-refractivity contribution >= 4 is 33.5 Å². The summed E-state index contributed by atoms with van der Waals surface area (Å²) in [6.45, 7) is 3.86. The van der Waals surface area contributed by atoms with Crippen LogP contribution in [0.1, 0.15) is 24.2 Å². The fourth-order valence-electron chi connectivity index (χ4n) is 3.94. The molecule has 0 aliphatic carbocycles. The third-order valence-corrected chi connectivity index (χ3v) is 5.56. The Labute approximate surface area is 188 Å². The van der Waals surface area contributed by atoms with E-state index in [4.69, 9.17) is 4.52 Å². The van der Waals surface area contributed by atoms with Gasteiger partial charge in [-0.3, -0.25) is 14.2 Å². The summed E-state index contributed by atoms with van der Waals surface area (Å²) in [5.74, 6) is 0.570. The van der Waals surface area contributed by atoms with E-state index in [1.165, 1.54) is 16.5 Å². The summed E-state index contributed by atoms with van der Waals surface area (Å²) in [5.41, 5.74) is 3.28. The fourth-order valence-corrected chi connectivity index (χ4v) is 3.94. The first kappa shape index (κ1) is 20.6. The number of benzene rings is 2. The highest BCUT2D eigenvalue weighted by atomic mass is 16.5. The maximum Gasteiger partial charge on any atom is 0.278 e. The lowest BCUT2D eigenvalue weighted by Gasteiger charge is -2.10. The van der Waals surface area contributed by atoms with Gasteiger partial charge in [0, 0.05) is 11.1 Å². The number of rotatable bonds is 6. The number of aromatic nitrogens is 5. The second-order valence-electron chi connectivity index (χ2n) is 7.81. The molecule has 0 fully saturated rings. The molecular formula is C24H22N6O3. The maximum absolute atomic E-state index is 13.4. The number of nitrogens with zero attached hydrogens (tertiary/aromatic N) is 5. The highest BCUT2D eigenvalue weighted by Gasteiger charge is 2.19. The molecule has 0 spiro atoms. The Hall–Kier alpha value is -4.27. The molecule has 2 aromatic carbocycles. The first-order chi connectivity index (χ1) is 16.0. The second kappa shape index (κ2) is 8.34. The number of nitrogens with one attached hydrogen (secondary N) is 1. The number of amides is 1. The minimum atomic E-state index is -0.285. The SMILES string of the molecule is CCc1ccc(NC(=O)Cn2c3ccccc3c3ncn(Cc4nc(C)no4)c(=O)c32)cc1. The molecule has 9 nitrogen and oxygen atoms in total. The average Bonchev–Trinajstić information content (AvgIpc) is 3.37. The number of fused-ring (bicyclic) bond motifs is 3. The Bertz CT molecular complexity index is 1530. The average molecular weight is 442 g/mol. The molecule has 0 atom stereocenters. The van der Waals surface area contributed by atoms with E-state index < -0.39 is 0 Å². The smallest absolute Gasteiger partial charge is 0.278 e. The molecule has 0 aliphatic heterocycles. The van der Waals surface area contributed by atoms with Crippen LogP contribution in [0.25, 0.3) is 21.9 Å². The van der Waals surface area contributed by atoms with Crippen LogP contribution < -0.4 is 10.9 Å². The Morgan fingerprint density at radius 1 is 1.12 bits per heavy atom. The largest absolute Gasteiger partial charge is 0.337 e. The van der Waals surface area contributed by atoms with Gasteiger partial charge in [0.1, 0.15) is 24.1 Å². The molecule has 3 heterocycles. The van der Waals surface area contributed by atoms with Crippen LogP contribution in [0.3, 0.4) is 0 Å². The minimum Gasteiger partial charge on any atom is -0.337 e. The van der Waals surface area contributed by atoms with Gasteiger partial charge in [0.2, 0.25) is 11.8 Å². The molecule has 5 aromatic rings. The fraction of sp³-hybridized carbons (Fsp3) is 0.208. The van der Waals surface area contributed by atoms with Gasteiger partial charge in [0.05, 0.1) is 11.8 Å². The second-order valence-corrected chi connectivity index (χ2v) is 7.81. The van der Waals surface area contributed by atoms with Crippen LogP contribution in [0, 0.1) is 6.92 Å². The van der Waals surface area contributed by atoms with Crippen molar-refractivity contribution < 1.29 is 9.32 Å². The maximum atomic E-state index is 13.4. The summed E-state index contributed by atoms with van der Waals surface area (Å²) in [6.07, 6.45) is 2.40. The first-order valence-corrected chi connectivity index (χ1v) is 10.7. The van der Waals surface area contributed by atoms with Crippen molar-refractivity contribution in [3.63, 3.8) is 0 Å². The summed E-state index contributed by atoms with van der Waals surface area (Å²) in [7, 11) is 0. The van der Waals surface area contributed by atoms with Gasteiger partial charge in [-0.05, 0) is 37.1 Å². The van der Waals surface area contributed by atoms with Crippen molar-refractivity contribution in [2.45, 2.75) is 33.4 Å². The third kappa shape index (κ3) is 3.89. The van der Waals surface area contributed by atoms with Gasteiger partial charge in [-0.2, -0.15) is 4.98 Å². The lowest BCUT2D eigenvalue weighted by atomic mass is 10.1. The van der Waals surface area contributed by atoms with E-state index >= 15 is 0 Å². The molecule has 0 aliphatic rings. The summed E-state index contributed by atoms with van der Waals surface area (Å²) < 4.78 is 8.27. The zero-order chi connectivity index (χ0) is 22.9. The quantitative estimate of drug-likeness (QED) is 0.432. The Balaban J connectivity index is 1.54. The first-order valence-electron chi connectivity index (χ1n) is 10.7. The summed E-state index contributed by atoms with van der Waals surface area (Å²) >= 11 is 0. The molecule has 5 rings (SSSR count). The van der Waals surface area contributed by atoms with Crippen LogP contribution in [0.15, 0.2) is 64.2 Å². The van der Waals surface area contributed by atoms with E-state index in [9.17, 15) is 9.59 Å². The molecule has 0 radical (unpaired) electrons. The highest BCUT2D eigenvalue weighted by molar-refractivity contribution is 6.06. The molecule has 33 heavy (non-hydrogen) atoms. The number of aryl methyl sites for hydroxylation is 2. The van der Waals surface area contributed by atoms with E-state index in [1.807, 2.05) is 48.5 Å². The monoisotopic (exact) mass is 442 g/mol. The lowest BCUT2D eigenvalue weighted by Crippen LogP contribution is -2.25. The van der Waals surface area contributed by atoms with Crippen molar-refractivity contribution in [1.29, 1.82) is 0 Å². The Morgan fingerprint density at radius 3 is 2.64 bits per heavy atom. The normalized spacial score (nSPS) is 11.3. The van der Waals surface area contributed by atoms with E-state index in [2.05, 4.69) is 27.4 Å². The van der Waals surface area contributed by atoms with Crippen LogP contribution in [0.2, 0.25) is 0 Å². The number of hydrogen-bond acceptors (Lipinski definition) is 6. The third-order valence-electron chi connectivity index (χ3n) is 5.56. The molecule has 3 aromatic heterocycles. The molecule has 0 bridgehead atoms. The molecule has 9 heteroatoms. The summed E-state index contributed by atoms with van der Waals surface area (Å²) in [4.78, 5) is 35.0. The van der Waals surface area contributed by atoms with E-state index in [-0.39, 0.29) is 24.6 Å². The van der Waals surface area contributed by atoms with Crippen molar-refractivity contribution in [2.24, 2.45) is 0 Å². The van der Waals surface area contributed by atoms with Crippen molar-refractivity contribution in [3.05, 3.63) is 82.5 Å². The zero-order valence-electron chi connectivity index (χ0n) is 18.3. The summed E-state index contributed by atoms with van der Waals surface area (Å²) in [6, 6.07) is 15.3. The van der Waals surface area contributed by atoms with Crippen LogP contribution in [0.5, 0.6) is 0 Å². The zero-order valence-corrected chi connectivity index (χ0v) is 18.3. The molecule has 0 saturated heterocycles. The van der Waals surface area contributed by atoms with E-state index in [1.54, 1.807) is 11.5 Å². The molecule has 1 amide bonds. The molecule has 166 valence electrons. The van der Waals surface area contributed by atoms with Gasteiger partial charge in [0.25, 0.3) is 5.56 Å². The Kier molecular flexibility index (Phi) is 5.21. The van der Waals surface area contributed by atoms with Crippen molar-refractivity contribution in [3.8, 4) is 0 Å². The summed E-state index contributed by atoms with van der Waals surface area (Å²) in [5, 5.41) is 7.49. The number of anilines is 1. The van der Waals surface area contributed by atoms with Gasteiger partial charge in [-0.25, -0.2) is 4.98 Å². The van der Waals surface area contributed by atoms with E-state index in [0.717, 1.165) is 17.3 Å². The van der Waals surface area contributed by atoms with Crippen molar-refractivity contribution in [1.82, 2.24) is 24.3 Å². The lowest BCUT2D eigenvalue weighted by molar-refractivity contribution is -0.116. The molecule has 1 N–H and O–H groups in total. The van der Waals surface area contributed by atoms with Gasteiger partial charge in [-0.1, -0.05) is 42.4 Å². The molecular weight excluding hydrogens is 420 g/mol. The van der Waals surface area contributed by atoms with Crippen LogP contribution in [0.4, 0.5) is 5.69 Å². The highest BCUT2D eigenvalue weighted by Crippen LogP contribution is 2.25. The van der Waals surface area contributed by atoms with E-state index in [0.29, 0.717) is 28.4 Å². The van der Waals surface area contributed by atoms with Gasteiger partial charge >= 0.3 is 0 Å². The predicted molar refractivity (Wildman–Crippen MR) is 124 cm³/mol. The Morgan fingerprint density at radius 2 is 1.91 bits per heavy atom. The van der Waals surface area contributed by atoms with Crippen LogP contribution >= 0.6 is 0 Å². The standard InChI is InChI=1S/C24H22N6O3/c1-3-16-8-10-17(11-9-16)27-20(31)12-30-19-7-5-4-6-18(19)22-23(30)24(32)29(14-25-22)13-21-26-15(2)28-33-21/h4-11,14H,3,12-13H2,1-2H3,(H,27,31). The van der Waals surface area contributed by atoms with Gasteiger partial charge in [-0.15, -0.1) is 0 Å². The topological polar surface area (TPSA) is 108 Å². The van der Waals surface area contributed by atoms with Gasteiger partial charge < -0.3 is 14.4 Å². The number of para-hydroxylation sites is 1. The van der Waals surface area contributed by atoms with Crippen molar-refractivity contribution in [2.75, 3.05) is 5.32 Å².